The van der Waals surface area contributed by atoms with Gasteiger partial charge in [0.25, 0.3) is 0 Å². The number of ketones is 1. The van der Waals surface area contributed by atoms with Crippen molar-refractivity contribution in [1.82, 2.24) is 0 Å². The quantitative estimate of drug-likeness (QED) is 0.864. The number of carbonyl (C=O) groups is 1. The summed E-state index contributed by atoms with van der Waals surface area (Å²) in [5, 5.41) is 10.7. The molecule has 1 atom stereocenters. The molecule has 1 aromatic carbocycles. The number of fused-ring (bicyclic) bond motifs is 1. The Hall–Kier alpha value is -1.35. The summed E-state index contributed by atoms with van der Waals surface area (Å²) in [7, 11) is 0. The molecule has 1 N–H and O–H groups in total. The second-order valence-corrected chi connectivity index (χ2v) is 6.44. The summed E-state index contributed by atoms with van der Waals surface area (Å²) in [4.78, 5) is 12.7. The van der Waals surface area contributed by atoms with Crippen LogP contribution in [0.3, 0.4) is 0 Å². The average Bonchev–Trinajstić information content (AvgIpc) is 2.73. The lowest BCUT2D eigenvalue weighted by atomic mass is 9.81. The maximum absolute atomic E-state index is 12.7. The molecule has 1 heterocycles. The zero-order valence-electron chi connectivity index (χ0n) is 12.5. The minimum atomic E-state index is -1.08. The fourth-order valence-electron chi connectivity index (χ4n) is 3.63. The van der Waals surface area contributed by atoms with Gasteiger partial charge in [0, 0.05) is 6.42 Å². The summed E-state index contributed by atoms with van der Waals surface area (Å²) in [6.07, 6.45) is 6.77. The third-order valence-corrected chi connectivity index (χ3v) is 4.96. The minimum Gasteiger partial charge on any atom is -0.493 e. The van der Waals surface area contributed by atoms with Crippen molar-refractivity contribution in [1.29, 1.82) is 0 Å². The van der Waals surface area contributed by atoms with Crippen molar-refractivity contribution < 1.29 is 14.6 Å². The van der Waals surface area contributed by atoms with Gasteiger partial charge in [0.15, 0.2) is 5.78 Å². The molecule has 0 saturated heterocycles. The van der Waals surface area contributed by atoms with E-state index in [1.54, 1.807) is 0 Å². The summed E-state index contributed by atoms with van der Waals surface area (Å²) in [6, 6.07) is 7.96. The van der Waals surface area contributed by atoms with Gasteiger partial charge in [-0.1, -0.05) is 43.9 Å². The van der Waals surface area contributed by atoms with E-state index in [2.05, 4.69) is 0 Å². The second kappa shape index (κ2) is 6.18. The van der Waals surface area contributed by atoms with Crippen LogP contribution in [-0.4, -0.2) is 23.1 Å². The Morgan fingerprint density at radius 3 is 2.67 bits per heavy atom. The Morgan fingerprint density at radius 1 is 1.19 bits per heavy atom. The van der Waals surface area contributed by atoms with Crippen molar-refractivity contribution in [2.24, 2.45) is 0 Å². The van der Waals surface area contributed by atoms with Gasteiger partial charge in [0.1, 0.15) is 11.4 Å². The summed E-state index contributed by atoms with van der Waals surface area (Å²) in [6.45, 7) is 0.660. The maximum atomic E-state index is 12.7. The van der Waals surface area contributed by atoms with E-state index in [1.807, 2.05) is 24.3 Å². The average molecular weight is 288 g/mol. The van der Waals surface area contributed by atoms with Crippen LogP contribution in [-0.2, 0) is 4.79 Å². The Labute approximate surface area is 126 Å². The number of hydrogen-bond acceptors (Lipinski definition) is 3. The van der Waals surface area contributed by atoms with Gasteiger partial charge >= 0.3 is 0 Å². The van der Waals surface area contributed by atoms with Gasteiger partial charge in [0.05, 0.1) is 6.61 Å². The summed E-state index contributed by atoms with van der Waals surface area (Å²) in [5.41, 5.74) is 0.0401. The van der Waals surface area contributed by atoms with E-state index in [0.29, 0.717) is 25.9 Å². The molecule has 1 unspecified atom stereocenters. The molecular formula is C18H24O3. The molecule has 0 amide bonds. The molecule has 3 heteroatoms. The van der Waals surface area contributed by atoms with E-state index >= 15 is 0 Å². The van der Waals surface area contributed by atoms with Gasteiger partial charge in [-0.25, -0.2) is 0 Å². The van der Waals surface area contributed by atoms with Crippen molar-refractivity contribution in [2.45, 2.75) is 62.9 Å². The SMILES string of the molecule is O=C(CC1CCOc2ccccc21)C1(O)CCCCCC1. The van der Waals surface area contributed by atoms with Gasteiger partial charge < -0.3 is 9.84 Å². The summed E-state index contributed by atoms with van der Waals surface area (Å²) in [5.74, 6) is 1.12. The molecule has 114 valence electrons. The monoisotopic (exact) mass is 288 g/mol. The first kappa shape index (κ1) is 14.6. The molecule has 3 rings (SSSR count). The van der Waals surface area contributed by atoms with Crippen molar-refractivity contribution in [3.8, 4) is 5.75 Å². The lowest BCUT2D eigenvalue weighted by molar-refractivity contribution is -0.139. The van der Waals surface area contributed by atoms with Gasteiger partial charge in [-0.3, -0.25) is 4.79 Å². The van der Waals surface area contributed by atoms with Crippen molar-refractivity contribution in [2.75, 3.05) is 6.61 Å². The third-order valence-electron chi connectivity index (χ3n) is 4.96. The van der Waals surface area contributed by atoms with Gasteiger partial charge in [0.2, 0.25) is 0 Å². The van der Waals surface area contributed by atoms with Crippen LogP contribution in [0.1, 0.15) is 62.8 Å². The number of aliphatic hydroxyl groups is 1. The molecule has 1 fully saturated rings. The molecule has 1 aliphatic carbocycles. The highest BCUT2D eigenvalue weighted by Crippen LogP contribution is 2.38. The summed E-state index contributed by atoms with van der Waals surface area (Å²) < 4.78 is 5.65. The highest BCUT2D eigenvalue weighted by molar-refractivity contribution is 5.87. The number of benzene rings is 1. The van der Waals surface area contributed by atoms with E-state index < -0.39 is 5.60 Å². The molecule has 2 aliphatic rings. The molecule has 1 aromatic rings. The normalized spacial score (nSPS) is 24.5. The predicted octanol–water partition coefficient (Wildman–Crippen LogP) is 3.60. The van der Waals surface area contributed by atoms with Gasteiger partial charge in [-0.15, -0.1) is 0 Å². The number of ether oxygens (including phenoxy) is 1. The van der Waals surface area contributed by atoms with E-state index in [1.165, 1.54) is 0 Å². The highest BCUT2D eigenvalue weighted by atomic mass is 16.5. The molecule has 21 heavy (non-hydrogen) atoms. The van der Waals surface area contributed by atoms with Crippen molar-refractivity contribution in [3.05, 3.63) is 29.8 Å². The molecule has 3 nitrogen and oxygen atoms in total. The van der Waals surface area contributed by atoms with Gasteiger partial charge in [-0.2, -0.15) is 0 Å². The first-order valence-corrected chi connectivity index (χ1v) is 8.16. The zero-order valence-corrected chi connectivity index (χ0v) is 12.5. The smallest absolute Gasteiger partial charge is 0.164 e. The Kier molecular flexibility index (Phi) is 4.29. The van der Waals surface area contributed by atoms with Crippen LogP contribution in [0.4, 0.5) is 0 Å². The maximum Gasteiger partial charge on any atom is 0.164 e. The lowest BCUT2D eigenvalue weighted by Gasteiger charge is -2.30. The lowest BCUT2D eigenvalue weighted by Crippen LogP contribution is -2.39. The van der Waals surface area contributed by atoms with Crippen LogP contribution < -0.4 is 4.74 Å². The van der Waals surface area contributed by atoms with Gasteiger partial charge in [-0.05, 0) is 36.8 Å². The summed E-state index contributed by atoms with van der Waals surface area (Å²) >= 11 is 0. The minimum absolute atomic E-state index is 0.0334. The predicted molar refractivity (Wildman–Crippen MR) is 81.6 cm³/mol. The van der Waals surface area contributed by atoms with Crippen LogP contribution >= 0.6 is 0 Å². The van der Waals surface area contributed by atoms with E-state index in [0.717, 1.165) is 43.4 Å². The number of Topliss-reactive ketones (excluding diaryl/α,β-unsaturated/α-hetero) is 1. The fraction of sp³-hybridized carbons (Fsp3) is 0.611. The first-order chi connectivity index (χ1) is 10.2. The van der Waals surface area contributed by atoms with Crippen LogP contribution in [0, 0.1) is 0 Å². The number of rotatable bonds is 3. The fourth-order valence-corrected chi connectivity index (χ4v) is 3.63. The number of carbonyl (C=O) groups excluding carboxylic acids is 1. The zero-order chi connectivity index (χ0) is 14.7. The topological polar surface area (TPSA) is 46.5 Å². The Balaban J connectivity index is 1.73. The Morgan fingerprint density at radius 2 is 1.90 bits per heavy atom. The van der Waals surface area contributed by atoms with Crippen LogP contribution in [0.25, 0.3) is 0 Å². The molecule has 0 bridgehead atoms. The molecular weight excluding hydrogens is 264 g/mol. The number of para-hydroxylation sites is 1. The molecule has 1 saturated carbocycles. The van der Waals surface area contributed by atoms with Crippen LogP contribution in [0.5, 0.6) is 5.75 Å². The van der Waals surface area contributed by atoms with E-state index in [4.69, 9.17) is 4.74 Å². The third kappa shape index (κ3) is 3.13. The molecule has 0 radical (unpaired) electrons. The number of hydrogen-bond donors (Lipinski definition) is 1. The van der Waals surface area contributed by atoms with Crippen molar-refractivity contribution in [3.63, 3.8) is 0 Å². The van der Waals surface area contributed by atoms with Crippen LogP contribution in [0.15, 0.2) is 24.3 Å². The highest BCUT2D eigenvalue weighted by Gasteiger charge is 2.37. The molecule has 0 aromatic heterocycles. The van der Waals surface area contributed by atoms with E-state index in [-0.39, 0.29) is 11.7 Å². The standard InChI is InChI=1S/C18H24O3/c19-17(18(20)10-5-1-2-6-11-18)13-14-9-12-21-16-8-4-3-7-15(14)16/h3-4,7-8,14,20H,1-2,5-6,9-13H2. The second-order valence-electron chi connectivity index (χ2n) is 6.44. The molecule has 0 spiro atoms. The Bertz CT molecular complexity index is 501. The largest absolute Gasteiger partial charge is 0.493 e. The first-order valence-electron chi connectivity index (χ1n) is 8.16. The molecule has 1 aliphatic heterocycles. The van der Waals surface area contributed by atoms with Crippen molar-refractivity contribution >= 4 is 5.78 Å². The van der Waals surface area contributed by atoms with Crippen LogP contribution in [0.2, 0.25) is 0 Å². The van der Waals surface area contributed by atoms with E-state index in [9.17, 15) is 9.90 Å².